The number of anilines is 2. The van der Waals surface area contributed by atoms with Crippen molar-refractivity contribution in [3.05, 3.63) is 117 Å². The normalized spacial score (nSPS) is 14.8. The van der Waals surface area contributed by atoms with Gasteiger partial charge >= 0.3 is 0 Å². The van der Waals surface area contributed by atoms with Crippen LogP contribution in [0.3, 0.4) is 0 Å². The number of aromatic nitrogens is 3. The molecule has 0 radical (unpaired) electrons. The van der Waals surface area contributed by atoms with Crippen LogP contribution in [-0.2, 0) is 4.79 Å². The van der Waals surface area contributed by atoms with Gasteiger partial charge in [-0.1, -0.05) is 71.2 Å². The van der Waals surface area contributed by atoms with Crippen LogP contribution in [0.1, 0.15) is 22.7 Å². The van der Waals surface area contributed by atoms with Crippen molar-refractivity contribution in [2.45, 2.75) is 6.04 Å². The van der Waals surface area contributed by atoms with Crippen molar-refractivity contribution >= 4 is 64.4 Å². The number of allylic oxidation sites excluding steroid dienone is 1. The first-order valence-electron chi connectivity index (χ1n) is 10.7. The number of benzene rings is 3. The Morgan fingerprint density at radius 2 is 1.49 bits per heavy atom. The fourth-order valence-electron chi connectivity index (χ4n) is 3.64. The van der Waals surface area contributed by atoms with E-state index in [4.69, 9.17) is 34.8 Å². The van der Waals surface area contributed by atoms with Gasteiger partial charge in [0.25, 0.3) is 11.9 Å². The van der Waals surface area contributed by atoms with Gasteiger partial charge in [-0.05, 0) is 65.2 Å². The molecule has 1 amide bonds. The number of fused-ring (bicyclic) bond motifs is 1. The number of nitrogens with one attached hydrogen (secondary N) is 2. The molecule has 174 valence electrons. The highest BCUT2D eigenvalue weighted by atomic mass is 35.5. The van der Waals surface area contributed by atoms with Crippen molar-refractivity contribution in [2.75, 3.05) is 10.6 Å². The van der Waals surface area contributed by atoms with Crippen molar-refractivity contribution in [3.8, 4) is 0 Å². The molecular formula is C26H18Cl3N5O. The van der Waals surface area contributed by atoms with Crippen LogP contribution >= 0.6 is 34.8 Å². The Hall–Kier alpha value is -3.58. The molecule has 0 spiro atoms. The second kappa shape index (κ2) is 9.96. The minimum absolute atomic E-state index is 0.183. The van der Waals surface area contributed by atoms with Gasteiger partial charge in [0.05, 0.1) is 0 Å². The second-order valence-corrected chi connectivity index (χ2v) is 9.10. The maximum atomic E-state index is 12.5. The van der Waals surface area contributed by atoms with Crippen LogP contribution in [0.15, 0.2) is 84.9 Å². The molecule has 2 N–H and O–H groups in total. The Morgan fingerprint density at radius 3 is 2.14 bits per heavy atom. The van der Waals surface area contributed by atoms with E-state index in [1.807, 2.05) is 66.7 Å². The summed E-state index contributed by atoms with van der Waals surface area (Å²) in [6.45, 7) is 0. The zero-order valence-corrected chi connectivity index (χ0v) is 20.4. The number of hydrogen-bond acceptors (Lipinski definition) is 4. The average molecular weight is 523 g/mol. The van der Waals surface area contributed by atoms with Crippen molar-refractivity contribution in [1.29, 1.82) is 0 Å². The first-order chi connectivity index (χ1) is 16.9. The van der Waals surface area contributed by atoms with Crippen LogP contribution in [0, 0.1) is 0 Å². The van der Waals surface area contributed by atoms with Gasteiger partial charge in [-0.15, -0.1) is 5.10 Å². The molecule has 2 heterocycles. The van der Waals surface area contributed by atoms with Crippen LogP contribution in [0.4, 0.5) is 11.9 Å². The molecule has 1 aliphatic heterocycles. The van der Waals surface area contributed by atoms with Crippen LogP contribution in [0.25, 0.3) is 11.8 Å². The summed E-state index contributed by atoms with van der Waals surface area (Å²) < 4.78 is 1.72. The number of nitrogens with zero attached hydrogens (tertiary/aromatic N) is 3. The van der Waals surface area contributed by atoms with Crippen molar-refractivity contribution < 1.29 is 4.79 Å². The lowest BCUT2D eigenvalue weighted by molar-refractivity contribution is -0.111. The quantitative estimate of drug-likeness (QED) is 0.278. The molecule has 6 nitrogen and oxygen atoms in total. The minimum Gasteiger partial charge on any atom is -0.324 e. The molecule has 4 aromatic rings. The van der Waals surface area contributed by atoms with Crippen LogP contribution in [0.2, 0.25) is 15.1 Å². The van der Waals surface area contributed by atoms with Crippen LogP contribution in [0.5, 0.6) is 0 Å². The Bertz CT molecular complexity index is 1430. The molecule has 35 heavy (non-hydrogen) atoms. The van der Waals surface area contributed by atoms with Gasteiger partial charge in [0.1, 0.15) is 6.04 Å². The average Bonchev–Trinajstić information content (AvgIpc) is 3.26. The van der Waals surface area contributed by atoms with Gasteiger partial charge in [-0.2, -0.15) is 4.98 Å². The molecule has 1 unspecified atom stereocenters. The van der Waals surface area contributed by atoms with E-state index in [9.17, 15) is 4.79 Å². The smallest absolute Gasteiger partial charge is 0.250 e. The number of carbonyl (C=O) groups is 1. The Morgan fingerprint density at radius 1 is 0.886 bits per heavy atom. The summed E-state index contributed by atoms with van der Waals surface area (Å²) >= 11 is 18.1. The number of carbonyl (C=O) groups excluding carboxylic acids is 1. The van der Waals surface area contributed by atoms with Crippen LogP contribution in [-0.4, -0.2) is 20.7 Å². The number of rotatable bonds is 5. The summed E-state index contributed by atoms with van der Waals surface area (Å²) in [5.74, 6) is 0.328. The standard InChI is InChI=1S/C26H18Cl3N5O/c27-19-8-1-16(2-9-19)3-14-24(35)31-25-32-26-30-22(17-4-10-20(28)11-5-17)15-23(34(26)33-25)18-6-12-21(29)13-7-18/h1-15,23H,(H2,30,31,32,33,35)/b14-3+. The minimum atomic E-state index is -0.350. The third kappa shape index (κ3) is 5.41. The summed E-state index contributed by atoms with van der Waals surface area (Å²) in [5, 5.41) is 12.5. The fraction of sp³-hybridized carbons (Fsp3) is 0.0385. The predicted molar refractivity (Wildman–Crippen MR) is 142 cm³/mol. The van der Waals surface area contributed by atoms with Crippen LogP contribution < -0.4 is 10.6 Å². The predicted octanol–water partition coefficient (Wildman–Crippen LogP) is 6.95. The highest BCUT2D eigenvalue weighted by molar-refractivity contribution is 6.31. The zero-order chi connectivity index (χ0) is 24.4. The molecule has 3 aromatic carbocycles. The zero-order valence-electron chi connectivity index (χ0n) is 18.1. The molecule has 1 aliphatic rings. The Labute approximate surface area is 216 Å². The van der Waals surface area contributed by atoms with Gasteiger partial charge in [0.2, 0.25) is 5.95 Å². The topological polar surface area (TPSA) is 71.8 Å². The molecule has 9 heteroatoms. The summed E-state index contributed by atoms with van der Waals surface area (Å²) in [6, 6.07) is 21.9. The molecule has 1 atom stereocenters. The highest BCUT2D eigenvalue weighted by Gasteiger charge is 2.25. The number of amides is 1. The van der Waals surface area contributed by atoms with E-state index in [0.29, 0.717) is 21.0 Å². The largest absolute Gasteiger partial charge is 0.324 e. The first-order valence-corrected chi connectivity index (χ1v) is 11.8. The van der Waals surface area contributed by atoms with E-state index in [2.05, 4.69) is 20.7 Å². The molecule has 0 aliphatic carbocycles. The second-order valence-electron chi connectivity index (χ2n) is 7.79. The summed E-state index contributed by atoms with van der Waals surface area (Å²) in [5.41, 5.74) is 3.61. The summed E-state index contributed by atoms with van der Waals surface area (Å²) in [6.07, 6.45) is 5.15. The third-order valence-electron chi connectivity index (χ3n) is 5.36. The van der Waals surface area contributed by atoms with E-state index in [-0.39, 0.29) is 17.9 Å². The Kier molecular flexibility index (Phi) is 6.59. The summed E-state index contributed by atoms with van der Waals surface area (Å²) in [7, 11) is 0. The third-order valence-corrected chi connectivity index (χ3v) is 6.12. The van der Waals surface area contributed by atoms with E-state index >= 15 is 0 Å². The van der Waals surface area contributed by atoms with Gasteiger partial charge in [-0.25, -0.2) is 4.68 Å². The van der Waals surface area contributed by atoms with Gasteiger partial charge in [-0.3, -0.25) is 10.1 Å². The van der Waals surface area contributed by atoms with Crippen molar-refractivity contribution in [1.82, 2.24) is 14.8 Å². The lowest BCUT2D eigenvalue weighted by atomic mass is 10.0. The number of hydrogen-bond donors (Lipinski definition) is 2. The van der Waals surface area contributed by atoms with E-state index in [1.165, 1.54) is 6.08 Å². The van der Waals surface area contributed by atoms with Gasteiger partial charge in [0.15, 0.2) is 0 Å². The molecule has 0 saturated carbocycles. The molecule has 0 bridgehead atoms. The Balaban J connectivity index is 1.42. The first kappa shape index (κ1) is 23.2. The van der Waals surface area contributed by atoms with E-state index in [0.717, 1.165) is 22.4 Å². The monoisotopic (exact) mass is 521 g/mol. The lowest BCUT2D eigenvalue weighted by Crippen LogP contribution is -2.20. The molecule has 5 rings (SSSR count). The summed E-state index contributed by atoms with van der Waals surface area (Å²) in [4.78, 5) is 17.0. The van der Waals surface area contributed by atoms with Gasteiger partial charge < -0.3 is 5.32 Å². The van der Waals surface area contributed by atoms with Crippen molar-refractivity contribution in [2.24, 2.45) is 0 Å². The van der Waals surface area contributed by atoms with E-state index in [1.54, 1.807) is 22.9 Å². The fourth-order valence-corrected chi connectivity index (χ4v) is 4.02. The molecule has 0 saturated heterocycles. The lowest BCUT2D eigenvalue weighted by Gasteiger charge is -2.24. The van der Waals surface area contributed by atoms with Gasteiger partial charge in [0, 0.05) is 26.8 Å². The SMILES string of the molecule is O=C(/C=C/c1ccc(Cl)cc1)Nc1nc2n(n1)C(c1ccc(Cl)cc1)C=C(c1ccc(Cl)cc1)N2. The molecule has 0 fully saturated rings. The highest BCUT2D eigenvalue weighted by Crippen LogP contribution is 2.34. The number of halogens is 3. The van der Waals surface area contributed by atoms with E-state index < -0.39 is 0 Å². The van der Waals surface area contributed by atoms with Crippen molar-refractivity contribution in [3.63, 3.8) is 0 Å². The maximum absolute atomic E-state index is 12.5. The maximum Gasteiger partial charge on any atom is 0.250 e. The molecule has 1 aromatic heterocycles. The molecular weight excluding hydrogens is 505 g/mol.